The van der Waals surface area contributed by atoms with Crippen molar-refractivity contribution < 1.29 is 13.2 Å². The highest BCUT2D eigenvalue weighted by Gasteiger charge is 2.37. The summed E-state index contributed by atoms with van der Waals surface area (Å²) >= 11 is 0. The number of halogens is 3. The number of nitriles is 1. The van der Waals surface area contributed by atoms with E-state index in [0.717, 1.165) is 5.56 Å². The summed E-state index contributed by atoms with van der Waals surface area (Å²) < 4.78 is 38.5. The van der Waals surface area contributed by atoms with E-state index < -0.39 is 11.7 Å². The zero-order valence-corrected chi connectivity index (χ0v) is 9.58. The summed E-state index contributed by atoms with van der Waals surface area (Å²) in [5, 5.41) is 8.85. The van der Waals surface area contributed by atoms with Crippen LogP contribution in [0.2, 0.25) is 0 Å². The van der Waals surface area contributed by atoms with E-state index in [1.165, 1.54) is 6.92 Å². The van der Waals surface area contributed by atoms with Gasteiger partial charge in [0.25, 0.3) is 0 Å². The fourth-order valence-corrected chi connectivity index (χ4v) is 1.81. The summed E-state index contributed by atoms with van der Waals surface area (Å²) in [6.45, 7) is 6.34. The molecule has 0 atom stereocenters. The maximum atomic E-state index is 12.8. The number of rotatable bonds is 0. The molecule has 4 heteroatoms. The lowest BCUT2D eigenvalue weighted by atomic mass is 9.89. The first kappa shape index (κ1) is 12.6. The van der Waals surface area contributed by atoms with E-state index in [1.54, 1.807) is 26.8 Å². The van der Waals surface area contributed by atoms with Crippen LogP contribution >= 0.6 is 0 Å². The molecule has 86 valence electrons. The van der Waals surface area contributed by atoms with E-state index in [9.17, 15) is 13.2 Å². The summed E-state index contributed by atoms with van der Waals surface area (Å²) in [7, 11) is 0. The molecule has 1 aromatic rings. The molecule has 0 bridgehead atoms. The topological polar surface area (TPSA) is 23.8 Å². The third kappa shape index (κ3) is 1.78. The molecular weight excluding hydrogens is 215 g/mol. The van der Waals surface area contributed by atoms with Crippen molar-refractivity contribution in [3.63, 3.8) is 0 Å². The maximum Gasteiger partial charge on any atom is 0.417 e. The third-order valence-corrected chi connectivity index (χ3v) is 3.08. The quantitative estimate of drug-likeness (QED) is 0.661. The first-order chi connectivity index (χ1) is 7.21. The van der Waals surface area contributed by atoms with Crippen LogP contribution < -0.4 is 0 Å². The van der Waals surface area contributed by atoms with Crippen LogP contribution in [-0.2, 0) is 6.18 Å². The van der Waals surface area contributed by atoms with Gasteiger partial charge < -0.3 is 0 Å². The molecule has 1 aromatic carbocycles. The van der Waals surface area contributed by atoms with E-state index >= 15 is 0 Å². The molecule has 0 spiro atoms. The highest BCUT2D eigenvalue weighted by molar-refractivity contribution is 5.56. The fourth-order valence-electron chi connectivity index (χ4n) is 1.81. The Bertz CT molecular complexity index is 479. The Labute approximate surface area is 92.5 Å². The minimum Gasteiger partial charge on any atom is -0.192 e. The Morgan fingerprint density at radius 3 is 1.69 bits per heavy atom. The average molecular weight is 227 g/mol. The van der Waals surface area contributed by atoms with Crippen molar-refractivity contribution in [2.24, 2.45) is 0 Å². The van der Waals surface area contributed by atoms with Gasteiger partial charge in [-0.25, -0.2) is 0 Å². The lowest BCUT2D eigenvalue weighted by Gasteiger charge is -2.18. The zero-order chi connectivity index (χ0) is 12.7. The second kappa shape index (κ2) is 3.82. The van der Waals surface area contributed by atoms with Crippen LogP contribution in [0.4, 0.5) is 13.2 Å². The first-order valence-corrected chi connectivity index (χ1v) is 4.79. The zero-order valence-electron chi connectivity index (χ0n) is 9.58. The normalized spacial score (nSPS) is 11.4. The first-order valence-electron chi connectivity index (χ1n) is 4.79. The van der Waals surface area contributed by atoms with Gasteiger partial charge in [0.15, 0.2) is 0 Å². The molecule has 0 saturated carbocycles. The van der Waals surface area contributed by atoms with Gasteiger partial charge in [0.1, 0.15) is 6.07 Å². The highest BCUT2D eigenvalue weighted by atomic mass is 19.4. The second-order valence-corrected chi connectivity index (χ2v) is 3.86. The third-order valence-electron chi connectivity index (χ3n) is 3.08. The number of alkyl halides is 3. The average Bonchev–Trinajstić information content (AvgIpc) is 2.18. The maximum absolute atomic E-state index is 12.8. The van der Waals surface area contributed by atoms with Crippen molar-refractivity contribution in [3.05, 3.63) is 33.4 Å². The van der Waals surface area contributed by atoms with Crippen molar-refractivity contribution in [2.45, 2.75) is 33.9 Å². The van der Waals surface area contributed by atoms with Gasteiger partial charge in [0, 0.05) is 0 Å². The second-order valence-electron chi connectivity index (χ2n) is 3.86. The molecule has 0 saturated heterocycles. The van der Waals surface area contributed by atoms with Gasteiger partial charge in [-0.05, 0) is 49.9 Å². The van der Waals surface area contributed by atoms with Gasteiger partial charge in [0.05, 0.1) is 11.1 Å². The van der Waals surface area contributed by atoms with E-state index in [2.05, 4.69) is 0 Å². The van der Waals surface area contributed by atoms with Gasteiger partial charge in [-0.15, -0.1) is 0 Å². The van der Waals surface area contributed by atoms with Crippen molar-refractivity contribution in [1.29, 1.82) is 5.26 Å². The molecule has 0 aliphatic rings. The number of nitrogens with zero attached hydrogens (tertiary/aromatic N) is 1. The summed E-state index contributed by atoms with van der Waals surface area (Å²) in [5.41, 5.74) is 0.861. The van der Waals surface area contributed by atoms with Crippen molar-refractivity contribution in [3.8, 4) is 6.07 Å². The molecule has 0 N–H and O–H groups in total. The standard InChI is InChI=1S/C12H12F3N/c1-6-7(2)9(4)11(12(13,14)15)10(5-16)8(6)3/h1-4H3. The predicted octanol–water partition coefficient (Wildman–Crippen LogP) is 3.81. The van der Waals surface area contributed by atoms with Crippen LogP contribution in [0, 0.1) is 39.0 Å². The van der Waals surface area contributed by atoms with Crippen LogP contribution in [0.25, 0.3) is 0 Å². The van der Waals surface area contributed by atoms with Crippen LogP contribution in [-0.4, -0.2) is 0 Å². The van der Waals surface area contributed by atoms with Crippen LogP contribution in [0.15, 0.2) is 0 Å². The smallest absolute Gasteiger partial charge is 0.192 e. The Hall–Kier alpha value is -1.50. The summed E-state index contributed by atoms with van der Waals surface area (Å²) in [4.78, 5) is 0. The Kier molecular flexibility index (Phi) is 3.00. The molecule has 0 aromatic heterocycles. The lowest BCUT2D eigenvalue weighted by molar-refractivity contribution is -0.138. The molecule has 0 fully saturated rings. The molecule has 0 aliphatic heterocycles. The molecule has 0 unspecified atom stereocenters. The largest absolute Gasteiger partial charge is 0.417 e. The van der Waals surface area contributed by atoms with Gasteiger partial charge in [-0.2, -0.15) is 18.4 Å². The van der Waals surface area contributed by atoms with E-state index in [0.29, 0.717) is 11.1 Å². The van der Waals surface area contributed by atoms with Crippen molar-refractivity contribution in [2.75, 3.05) is 0 Å². The van der Waals surface area contributed by atoms with E-state index in [-0.39, 0.29) is 11.1 Å². The Morgan fingerprint density at radius 1 is 0.875 bits per heavy atom. The molecule has 0 radical (unpaired) electrons. The van der Waals surface area contributed by atoms with Crippen molar-refractivity contribution in [1.82, 2.24) is 0 Å². The van der Waals surface area contributed by atoms with Crippen LogP contribution in [0.3, 0.4) is 0 Å². The number of benzene rings is 1. The summed E-state index contributed by atoms with van der Waals surface area (Å²) in [6.07, 6.45) is -4.47. The number of hydrogen-bond acceptors (Lipinski definition) is 1. The minimum absolute atomic E-state index is 0.146. The molecule has 0 amide bonds. The van der Waals surface area contributed by atoms with Crippen LogP contribution in [0.1, 0.15) is 33.4 Å². The molecule has 0 heterocycles. The SMILES string of the molecule is Cc1c(C)c(C)c(C(F)(F)F)c(C#N)c1C. The molecule has 0 aliphatic carbocycles. The van der Waals surface area contributed by atoms with Crippen LogP contribution in [0.5, 0.6) is 0 Å². The monoisotopic (exact) mass is 227 g/mol. The summed E-state index contributed by atoms with van der Waals surface area (Å²) in [5.74, 6) is 0. The fraction of sp³-hybridized carbons (Fsp3) is 0.417. The molecule has 1 rings (SSSR count). The minimum atomic E-state index is -4.47. The van der Waals surface area contributed by atoms with E-state index in [4.69, 9.17) is 5.26 Å². The lowest BCUT2D eigenvalue weighted by Crippen LogP contribution is -2.14. The summed E-state index contributed by atoms with van der Waals surface area (Å²) in [6, 6.07) is 1.66. The Morgan fingerprint density at radius 2 is 1.31 bits per heavy atom. The number of hydrogen-bond donors (Lipinski definition) is 0. The van der Waals surface area contributed by atoms with Crippen molar-refractivity contribution >= 4 is 0 Å². The van der Waals surface area contributed by atoms with E-state index in [1.807, 2.05) is 0 Å². The molecule has 1 nitrogen and oxygen atoms in total. The van der Waals surface area contributed by atoms with Gasteiger partial charge in [-0.1, -0.05) is 0 Å². The highest BCUT2D eigenvalue weighted by Crippen LogP contribution is 2.38. The van der Waals surface area contributed by atoms with Gasteiger partial charge in [0.2, 0.25) is 0 Å². The van der Waals surface area contributed by atoms with Gasteiger partial charge >= 0.3 is 6.18 Å². The molecule has 16 heavy (non-hydrogen) atoms. The van der Waals surface area contributed by atoms with Gasteiger partial charge in [-0.3, -0.25) is 0 Å². The Balaban J connectivity index is 3.81. The predicted molar refractivity (Wildman–Crippen MR) is 55.1 cm³/mol. The molecular formula is C12H12F3N.